The van der Waals surface area contributed by atoms with Crippen LogP contribution in [-0.4, -0.2) is 10.5 Å². The van der Waals surface area contributed by atoms with Gasteiger partial charge >= 0.3 is 0 Å². The summed E-state index contributed by atoms with van der Waals surface area (Å²) >= 11 is 4.00. The van der Waals surface area contributed by atoms with E-state index < -0.39 is 4.75 Å². The van der Waals surface area contributed by atoms with Crippen LogP contribution in [0.2, 0.25) is 0 Å². The molecule has 0 atom stereocenters. The third kappa shape index (κ3) is 8.02. The maximum atomic E-state index is 10.4. The predicted molar refractivity (Wildman–Crippen MR) is 45.1 cm³/mol. The number of thiol groups is 1. The summed E-state index contributed by atoms with van der Waals surface area (Å²) in [7, 11) is 0. The van der Waals surface area contributed by atoms with E-state index in [1.54, 1.807) is 13.8 Å². The molecule has 0 rings (SSSR count). The van der Waals surface area contributed by atoms with Crippen molar-refractivity contribution in [2.45, 2.75) is 39.4 Å². The fourth-order valence-corrected chi connectivity index (χ4v) is 0. The highest BCUT2D eigenvalue weighted by atomic mass is 32.1. The number of carbonyl (C=O) groups excluding carboxylic acids is 1. The molecule has 2 heteroatoms. The van der Waals surface area contributed by atoms with Crippen molar-refractivity contribution in [1.82, 2.24) is 0 Å². The fraction of sp³-hybridized carbons (Fsp3) is 0.857. The zero-order valence-electron chi connectivity index (χ0n) is 6.86. The third-order valence-corrected chi connectivity index (χ3v) is 1.18. The molecule has 0 aliphatic rings. The Kier molecular flexibility index (Phi) is 6.35. The summed E-state index contributed by atoms with van der Waals surface area (Å²) in [6.07, 6.45) is 0. The van der Waals surface area contributed by atoms with Crippen molar-refractivity contribution < 1.29 is 4.79 Å². The summed E-state index contributed by atoms with van der Waals surface area (Å²) < 4.78 is -0.444. The Balaban J connectivity index is 0. The highest BCUT2D eigenvalue weighted by molar-refractivity contribution is 7.82. The molecular weight excluding hydrogens is 132 g/mol. The van der Waals surface area contributed by atoms with Gasteiger partial charge in [-0.3, -0.25) is 4.79 Å². The van der Waals surface area contributed by atoms with Gasteiger partial charge in [0.15, 0.2) is 0 Å². The molecule has 0 aliphatic heterocycles. The normalized spacial score (nSPS) is 9.56. The summed E-state index contributed by atoms with van der Waals surface area (Å²) in [5, 5.41) is 0. The Hall–Kier alpha value is 0.0200. The molecule has 0 aliphatic carbocycles. The lowest BCUT2D eigenvalue weighted by atomic mass is 10.1. The molecule has 0 aromatic carbocycles. The highest BCUT2D eigenvalue weighted by Gasteiger charge is 2.16. The van der Waals surface area contributed by atoms with Gasteiger partial charge in [0.1, 0.15) is 5.78 Å². The van der Waals surface area contributed by atoms with Gasteiger partial charge in [-0.2, -0.15) is 12.6 Å². The first-order valence-electron chi connectivity index (χ1n) is 3.18. The minimum absolute atomic E-state index is 0.107. The van der Waals surface area contributed by atoms with Crippen LogP contribution in [0.15, 0.2) is 0 Å². The van der Waals surface area contributed by atoms with Gasteiger partial charge in [0.25, 0.3) is 0 Å². The van der Waals surface area contributed by atoms with E-state index in [1.165, 1.54) is 6.92 Å². The van der Waals surface area contributed by atoms with Crippen molar-refractivity contribution >= 4 is 18.4 Å². The lowest BCUT2D eigenvalue weighted by Gasteiger charge is -2.10. The average molecular weight is 148 g/mol. The van der Waals surface area contributed by atoms with Crippen LogP contribution >= 0.6 is 12.6 Å². The first-order chi connectivity index (χ1) is 3.94. The number of Topliss-reactive ketones (excluding diaryl/α,β-unsaturated/α-hetero) is 1. The molecule has 0 saturated carbocycles. The molecule has 0 unspecified atom stereocenters. The van der Waals surface area contributed by atoms with E-state index in [-0.39, 0.29) is 5.78 Å². The Morgan fingerprint density at radius 3 is 1.44 bits per heavy atom. The molecule has 0 radical (unpaired) electrons. The maximum absolute atomic E-state index is 10.4. The summed E-state index contributed by atoms with van der Waals surface area (Å²) in [4.78, 5) is 10.4. The van der Waals surface area contributed by atoms with Crippen molar-refractivity contribution in [2.24, 2.45) is 0 Å². The van der Waals surface area contributed by atoms with Crippen LogP contribution in [0.25, 0.3) is 0 Å². The molecule has 0 aromatic heterocycles. The Morgan fingerprint density at radius 1 is 1.33 bits per heavy atom. The lowest BCUT2D eigenvalue weighted by molar-refractivity contribution is -0.118. The molecule has 0 N–H and O–H groups in total. The van der Waals surface area contributed by atoms with Gasteiger partial charge in [-0.15, -0.1) is 0 Å². The van der Waals surface area contributed by atoms with Crippen molar-refractivity contribution in [3.8, 4) is 0 Å². The predicted octanol–water partition coefficient (Wildman–Crippen LogP) is 2.31. The molecule has 1 nitrogen and oxygen atoms in total. The largest absolute Gasteiger partial charge is 0.298 e. The Bertz CT molecular complexity index is 81.4. The first kappa shape index (κ1) is 11.8. The second-order valence-electron chi connectivity index (χ2n) is 2.12. The van der Waals surface area contributed by atoms with E-state index in [4.69, 9.17) is 0 Å². The topological polar surface area (TPSA) is 17.1 Å². The molecular formula is C7H16OS. The number of rotatable bonds is 1. The fourth-order valence-electron chi connectivity index (χ4n) is 0. The molecule has 0 bridgehead atoms. The van der Waals surface area contributed by atoms with Crippen LogP contribution in [0.5, 0.6) is 0 Å². The molecule has 0 fully saturated rings. The van der Waals surface area contributed by atoms with Crippen LogP contribution in [0.3, 0.4) is 0 Å². The molecule has 0 spiro atoms. The van der Waals surface area contributed by atoms with E-state index in [2.05, 4.69) is 12.6 Å². The quantitative estimate of drug-likeness (QED) is 0.565. The van der Waals surface area contributed by atoms with E-state index in [0.717, 1.165) is 0 Å². The molecule has 0 aromatic rings. The number of ketones is 1. The Morgan fingerprint density at radius 2 is 1.44 bits per heavy atom. The van der Waals surface area contributed by atoms with Crippen LogP contribution < -0.4 is 0 Å². The number of carbonyl (C=O) groups is 1. The van der Waals surface area contributed by atoms with E-state index >= 15 is 0 Å². The monoisotopic (exact) mass is 148 g/mol. The zero-order chi connectivity index (χ0) is 8.08. The number of hydrogen-bond acceptors (Lipinski definition) is 2. The van der Waals surface area contributed by atoms with Crippen molar-refractivity contribution in [1.29, 1.82) is 0 Å². The molecule has 0 heterocycles. The van der Waals surface area contributed by atoms with Crippen LogP contribution in [0, 0.1) is 0 Å². The van der Waals surface area contributed by atoms with Gasteiger partial charge in [-0.1, -0.05) is 13.8 Å². The average Bonchev–Trinajstić information content (AvgIpc) is 1.69. The Labute approximate surface area is 63.3 Å². The zero-order valence-corrected chi connectivity index (χ0v) is 7.75. The molecule has 9 heavy (non-hydrogen) atoms. The van der Waals surface area contributed by atoms with E-state index in [0.29, 0.717) is 0 Å². The van der Waals surface area contributed by atoms with Crippen molar-refractivity contribution in [2.75, 3.05) is 0 Å². The summed E-state index contributed by atoms with van der Waals surface area (Å²) in [5.74, 6) is 0.107. The van der Waals surface area contributed by atoms with E-state index in [1.807, 2.05) is 13.8 Å². The minimum atomic E-state index is -0.444. The lowest BCUT2D eigenvalue weighted by Crippen LogP contribution is -2.20. The van der Waals surface area contributed by atoms with Gasteiger partial charge in [0.2, 0.25) is 0 Å². The van der Waals surface area contributed by atoms with Gasteiger partial charge in [0, 0.05) is 0 Å². The van der Waals surface area contributed by atoms with E-state index in [9.17, 15) is 4.79 Å². The summed E-state index contributed by atoms with van der Waals surface area (Å²) in [6, 6.07) is 0. The first-order valence-corrected chi connectivity index (χ1v) is 3.62. The van der Waals surface area contributed by atoms with Crippen molar-refractivity contribution in [3.63, 3.8) is 0 Å². The van der Waals surface area contributed by atoms with Crippen LogP contribution in [0.4, 0.5) is 0 Å². The van der Waals surface area contributed by atoms with Gasteiger partial charge < -0.3 is 0 Å². The third-order valence-electron chi connectivity index (χ3n) is 0.862. The molecule has 0 amide bonds. The van der Waals surface area contributed by atoms with Crippen molar-refractivity contribution in [3.05, 3.63) is 0 Å². The van der Waals surface area contributed by atoms with Gasteiger partial charge in [-0.25, -0.2) is 0 Å². The molecule has 0 saturated heterocycles. The number of hydrogen-bond donors (Lipinski definition) is 1. The second kappa shape index (κ2) is 4.86. The molecule has 56 valence electrons. The van der Waals surface area contributed by atoms with Gasteiger partial charge in [-0.05, 0) is 20.8 Å². The highest BCUT2D eigenvalue weighted by Crippen LogP contribution is 2.11. The minimum Gasteiger partial charge on any atom is -0.298 e. The summed E-state index contributed by atoms with van der Waals surface area (Å²) in [5.41, 5.74) is 0. The van der Waals surface area contributed by atoms with Crippen LogP contribution in [-0.2, 0) is 4.79 Å². The second-order valence-corrected chi connectivity index (χ2v) is 3.23. The smallest absolute Gasteiger partial charge is 0.144 e. The van der Waals surface area contributed by atoms with Crippen LogP contribution in [0.1, 0.15) is 34.6 Å². The van der Waals surface area contributed by atoms with Gasteiger partial charge in [0.05, 0.1) is 4.75 Å². The summed E-state index contributed by atoms with van der Waals surface area (Å²) in [6.45, 7) is 9.09. The SMILES string of the molecule is CC.CC(=O)C(C)(C)S. The maximum Gasteiger partial charge on any atom is 0.144 e. The standard InChI is InChI=1S/C5H10OS.C2H6/c1-4(6)5(2,3)7;1-2/h7H,1-3H3;1-2H3.